The molecule has 90 valence electrons. The molecule has 16 heavy (non-hydrogen) atoms. The van der Waals surface area contributed by atoms with Gasteiger partial charge in [0, 0.05) is 6.04 Å². The van der Waals surface area contributed by atoms with Crippen LogP contribution >= 0.6 is 0 Å². The molecule has 0 heterocycles. The van der Waals surface area contributed by atoms with E-state index in [1.54, 1.807) is 0 Å². The molecule has 0 amide bonds. The normalized spacial score (nSPS) is 14.8. The Morgan fingerprint density at radius 1 is 1.25 bits per heavy atom. The lowest BCUT2D eigenvalue weighted by Gasteiger charge is -2.18. The number of aliphatic hydroxyl groups excluding tert-OH is 1. The molecule has 1 aromatic rings. The number of nitrogens with one attached hydrogen (secondary N) is 1. The van der Waals surface area contributed by atoms with E-state index in [0.29, 0.717) is 6.04 Å². The Bertz CT molecular complexity index is 334. The van der Waals surface area contributed by atoms with Gasteiger partial charge in [0.25, 0.3) is 0 Å². The number of benzene rings is 1. The first-order chi connectivity index (χ1) is 7.52. The smallest absolute Gasteiger partial charge is 0.0524 e. The standard InChI is InChI=1S/C14H23NO/c1-10-6-5-7-14(12(10)3)13(4)15-9-8-11(2)16/h5-7,11,13,15-16H,8-9H2,1-4H3/t11-,13+/m1/s1. The van der Waals surface area contributed by atoms with Gasteiger partial charge in [-0.2, -0.15) is 0 Å². The Morgan fingerprint density at radius 2 is 1.94 bits per heavy atom. The molecular weight excluding hydrogens is 198 g/mol. The van der Waals surface area contributed by atoms with Crippen LogP contribution in [0.1, 0.15) is 43.0 Å². The number of aliphatic hydroxyl groups is 1. The van der Waals surface area contributed by atoms with Crippen LogP contribution in [0.4, 0.5) is 0 Å². The maximum atomic E-state index is 9.19. The van der Waals surface area contributed by atoms with Crippen molar-refractivity contribution in [3.05, 3.63) is 34.9 Å². The summed E-state index contributed by atoms with van der Waals surface area (Å²) in [4.78, 5) is 0. The second kappa shape index (κ2) is 6.02. The molecule has 0 unspecified atom stereocenters. The van der Waals surface area contributed by atoms with E-state index >= 15 is 0 Å². The van der Waals surface area contributed by atoms with E-state index in [1.165, 1.54) is 16.7 Å². The molecular formula is C14H23NO. The van der Waals surface area contributed by atoms with E-state index in [4.69, 9.17) is 0 Å². The van der Waals surface area contributed by atoms with E-state index in [2.05, 4.69) is 44.3 Å². The molecule has 0 saturated carbocycles. The van der Waals surface area contributed by atoms with Gasteiger partial charge in [0.05, 0.1) is 6.10 Å². The van der Waals surface area contributed by atoms with Crippen LogP contribution in [0.25, 0.3) is 0 Å². The Hall–Kier alpha value is -0.860. The second-order valence-electron chi connectivity index (χ2n) is 4.60. The minimum Gasteiger partial charge on any atom is -0.393 e. The summed E-state index contributed by atoms with van der Waals surface area (Å²) in [5.41, 5.74) is 4.05. The zero-order chi connectivity index (χ0) is 12.1. The third-order valence-electron chi connectivity index (χ3n) is 3.13. The molecule has 1 aromatic carbocycles. The van der Waals surface area contributed by atoms with Crippen LogP contribution in [0.3, 0.4) is 0 Å². The maximum Gasteiger partial charge on any atom is 0.0524 e. The molecule has 0 bridgehead atoms. The summed E-state index contributed by atoms with van der Waals surface area (Å²) in [6.07, 6.45) is 0.577. The van der Waals surface area contributed by atoms with Crippen molar-refractivity contribution in [2.75, 3.05) is 6.54 Å². The van der Waals surface area contributed by atoms with Gasteiger partial charge in [-0.3, -0.25) is 0 Å². The first-order valence-corrected chi connectivity index (χ1v) is 6.00. The van der Waals surface area contributed by atoms with E-state index in [1.807, 2.05) is 6.92 Å². The predicted octanol–water partition coefficient (Wildman–Crippen LogP) is 2.72. The van der Waals surface area contributed by atoms with E-state index in [9.17, 15) is 5.11 Å². The summed E-state index contributed by atoms with van der Waals surface area (Å²) in [7, 11) is 0. The van der Waals surface area contributed by atoms with Crippen molar-refractivity contribution in [3.63, 3.8) is 0 Å². The first-order valence-electron chi connectivity index (χ1n) is 6.00. The van der Waals surface area contributed by atoms with Gasteiger partial charge in [-0.05, 0) is 57.4 Å². The third-order valence-corrected chi connectivity index (χ3v) is 3.13. The van der Waals surface area contributed by atoms with Gasteiger partial charge in [0.1, 0.15) is 0 Å². The van der Waals surface area contributed by atoms with Gasteiger partial charge in [-0.15, -0.1) is 0 Å². The number of aryl methyl sites for hydroxylation is 1. The highest BCUT2D eigenvalue weighted by atomic mass is 16.3. The van der Waals surface area contributed by atoms with E-state index in [0.717, 1.165) is 13.0 Å². The third kappa shape index (κ3) is 3.62. The van der Waals surface area contributed by atoms with Crippen LogP contribution in [-0.2, 0) is 0 Å². The highest BCUT2D eigenvalue weighted by Crippen LogP contribution is 2.19. The van der Waals surface area contributed by atoms with E-state index in [-0.39, 0.29) is 6.10 Å². The van der Waals surface area contributed by atoms with Crippen molar-refractivity contribution in [3.8, 4) is 0 Å². The quantitative estimate of drug-likeness (QED) is 0.801. The van der Waals surface area contributed by atoms with Crippen molar-refractivity contribution < 1.29 is 5.11 Å². The fourth-order valence-corrected chi connectivity index (χ4v) is 1.86. The molecule has 2 N–H and O–H groups in total. The Morgan fingerprint density at radius 3 is 2.56 bits per heavy atom. The van der Waals surface area contributed by atoms with Crippen LogP contribution < -0.4 is 5.32 Å². The van der Waals surface area contributed by atoms with Gasteiger partial charge in [-0.1, -0.05) is 18.2 Å². The molecule has 2 nitrogen and oxygen atoms in total. The number of hydrogen-bond donors (Lipinski definition) is 2. The summed E-state index contributed by atoms with van der Waals surface area (Å²) < 4.78 is 0. The molecule has 0 radical (unpaired) electrons. The lowest BCUT2D eigenvalue weighted by atomic mass is 9.98. The first kappa shape index (κ1) is 13.2. The molecule has 2 atom stereocenters. The SMILES string of the molecule is Cc1cccc([C@H](C)NCC[C@@H](C)O)c1C. The fraction of sp³-hybridized carbons (Fsp3) is 0.571. The molecule has 0 fully saturated rings. The Labute approximate surface area is 98.7 Å². The van der Waals surface area contributed by atoms with E-state index < -0.39 is 0 Å². The van der Waals surface area contributed by atoms with Gasteiger partial charge in [0.15, 0.2) is 0 Å². The molecule has 0 aliphatic heterocycles. The summed E-state index contributed by atoms with van der Waals surface area (Å²) in [5.74, 6) is 0. The molecule has 2 heteroatoms. The molecule has 0 saturated heterocycles. The van der Waals surface area contributed by atoms with Crippen molar-refractivity contribution in [1.82, 2.24) is 5.32 Å². The highest BCUT2D eigenvalue weighted by molar-refractivity contribution is 5.34. The minimum atomic E-state index is -0.224. The van der Waals surface area contributed by atoms with Crippen LogP contribution in [-0.4, -0.2) is 17.8 Å². The zero-order valence-corrected chi connectivity index (χ0v) is 10.7. The molecule has 1 rings (SSSR count). The molecule has 0 aliphatic carbocycles. The van der Waals surface area contributed by atoms with Crippen LogP contribution in [0.2, 0.25) is 0 Å². The maximum absolute atomic E-state index is 9.19. The zero-order valence-electron chi connectivity index (χ0n) is 10.7. The summed E-state index contributed by atoms with van der Waals surface area (Å²) >= 11 is 0. The largest absolute Gasteiger partial charge is 0.393 e. The van der Waals surface area contributed by atoms with Crippen LogP contribution in [0, 0.1) is 13.8 Å². The molecule has 0 aromatic heterocycles. The monoisotopic (exact) mass is 221 g/mol. The lowest BCUT2D eigenvalue weighted by molar-refractivity contribution is 0.182. The Kier molecular flexibility index (Phi) is 4.97. The lowest BCUT2D eigenvalue weighted by Crippen LogP contribution is -2.23. The summed E-state index contributed by atoms with van der Waals surface area (Å²) in [5, 5.41) is 12.6. The highest BCUT2D eigenvalue weighted by Gasteiger charge is 2.08. The summed E-state index contributed by atoms with van der Waals surface area (Å²) in [6.45, 7) is 9.15. The Balaban J connectivity index is 2.59. The average Bonchev–Trinajstić information content (AvgIpc) is 2.21. The van der Waals surface area contributed by atoms with Gasteiger partial charge in [-0.25, -0.2) is 0 Å². The fourth-order valence-electron chi connectivity index (χ4n) is 1.86. The van der Waals surface area contributed by atoms with Crippen molar-refractivity contribution in [1.29, 1.82) is 0 Å². The molecule has 0 aliphatic rings. The molecule has 0 spiro atoms. The van der Waals surface area contributed by atoms with Crippen molar-refractivity contribution in [2.24, 2.45) is 0 Å². The van der Waals surface area contributed by atoms with Gasteiger partial charge < -0.3 is 10.4 Å². The van der Waals surface area contributed by atoms with Crippen molar-refractivity contribution in [2.45, 2.75) is 46.3 Å². The average molecular weight is 221 g/mol. The summed E-state index contributed by atoms with van der Waals surface area (Å²) in [6, 6.07) is 6.76. The number of hydrogen-bond acceptors (Lipinski definition) is 2. The van der Waals surface area contributed by atoms with Crippen molar-refractivity contribution >= 4 is 0 Å². The minimum absolute atomic E-state index is 0.224. The van der Waals surface area contributed by atoms with Crippen LogP contribution in [0.5, 0.6) is 0 Å². The van der Waals surface area contributed by atoms with Gasteiger partial charge >= 0.3 is 0 Å². The van der Waals surface area contributed by atoms with Crippen LogP contribution in [0.15, 0.2) is 18.2 Å². The second-order valence-corrected chi connectivity index (χ2v) is 4.60. The topological polar surface area (TPSA) is 32.3 Å². The predicted molar refractivity (Wildman–Crippen MR) is 68.6 cm³/mol. The van der Waals surface area contributed by atoms with Gasteiger partial charge in [0.2, 0.25) is 0 Å². The number of rotatable bonds is 5.